The molecule has 0 bridgehead atoms. The van der Waals surface area contributed by atoms with E-state index in [0.717, 1.165) is 24.8 Å². The first-order valence-corrected chi connectivity index (χ1v) is 6.48. The summed E-state index contributed by atoms with van der Waals surface area (Å²) in [5, 5.41) is 12.9. The van der Waals surface area contributed by atoms with Crippen LogP contribution in [-0.4, -0.2) is 17.1 Å². The lowest BCUT2D eigenvalue weighted by molar-refractivity contribution is 0.0933. The molecule has 0 aromatic heterocycles. The van der Waals surface area contributed by atoms with Crippen molar-refractivity contribution in [1.29, 1.82) is 0 Å². The smallest absolute Gasteiger partial charge is 0.255 e. The summed E-state index contributed by atoms with van der Waals surface area (Å²) in [5.41, 5.74) is 1.42. The van der Waals surface area contributed by atoms with Crippen molar-refractivity contribution in [2.75, 3.05) is 0 Å². The Morgan fingerprint density at radius 3 is 2.78 bits per heavy atom. The highest BCUT2D eigenvalue weighted by atomic mass is 16.3. The van der Waals surface area contributed by atoms with Gasteiger partial charge in [0.1, 0.15) is 5.75 Å². The van der Waals surface area contributed by atoms with Crippen LogP contribution in [0, 0.1) is 12.3 Å². The van der Waals surface area contributed by atoms with Gasteiger partial charge in [0.05, 0.1) is 5.56 Å². The maximum atomic E-state index is 12.1. The van der Waals surface area contributed by atoms with Gasteiger partial charge < -0.3 is 10.4 Å². The van der Waals surface area contributed by atoms with Crippen molar-refractivity contribution in [3.05, 3.63) is 29.3 Å². The molecule has 1 aliphatic carbocycles. The van der Waals surface area contributed by atoms with Gasteiger partial charge in [-0.3, -0.25) is 4.79 Å². The average Bonchev–Trinajstić information content (AvgIpc) is 2.62. The van der Waals surface area contributed by atoms with Gasteiger partial charge in [0.25, 0.3) is 5.91 Å². The van der Waals surface area contributed by atoms with E-state index >= 15 is 0 Å². The predicted molar refractivity (Wildman–Crippen MR) is 71.7 cm³/mol. The highest BCUT2D eigenvalue weighted by Gasteiger charge is 2.32. The van der Waals surface area contributed by atoms with E-state index in [-0.39, 0.29) is 17.7 Å². The number of amides is 1. The average molecular weight is 247 g/mol. The second-order valence-electron chi connectivity index (χ2n) is 6.05. The summed E-state index contributed by atoms with van der Waals surface area (Å²) in [6.07, 6.45) is 3.16. The second-order valence-corrected chi connectivity index (χ2v) is 6.05. The molecular weight excluding hydrogens is 226 g/mol. The lowest BCUT2D eigenvalue weighted by Gasteiger charge is -2.18. The molecule has 1 aromatic rings. The molecular formula is C15H21NO2. The third-order valence-corrected chi connectivity index (χ3v) is 3.79. The Labute approximate surface area is 108 Å². The fourth-order valence-electron chi connectivity index (χ4n) is 2.66. The number of benzene rings is 1. The number of hydrogen-bond acceptors (Lipinski definition) is 2. The largest absolute Gasteiger partial charge is 0.507 e. The van der Waals surface area contributed by atoms with Crippen LogP contribution >= 0.6 is 0 Å². The van der Waals surface area contributed by atoms with Gasteiger partial charge in [0.15, 0.2) is 0 Å². The molecule has 2 N–H and O–H groups in total. The first-order chi connectivity index (χ1) is 8.39. The Balaban J connectivity index is 2.07. The third-order valence-electron chi connectivity index (χ3n) is 3.79. The van der Waals surface area contributed by atoms with Crippen LogP contribution in [0.3, 0.4) is 0 Å². The molecule has 2 rings (SSSR count). The van der Waals surface area contributed by atoms with Crippen LogP contribution in [0.1, 0.15) is 49.0 Å². The summed E-state index contributed by atoms with van der Waals surface area (Å²) in [4.78, 5) is 12.1. The van der Waals surface area contributed by atoms with E-state index in [4.69, 9.17) is 0 Å². The van der Waals surface area contributed by atoms with Gasteiger partial charge in [0.2, 0.25) is 0 Å². The van der Waals surface area contributed by atoms with Crippen LogP contribution in [0.5, 0.6) is 5.75 Å². The number of carbonyl (C=O) groups is 1. The van der Waals surface area contributed by atoms with Crippen molar-refractivity contribution in [2.45, 2.75) is 46.1 Å². The van der Waals surface area contributed by atoms with E-state index in [2.05, 4.69) is 19.2 Å². The zero-order valence-electron chi connectivity index (χ0n) is 11.3. The Morgan fingerprint density at radius 2 is 2.17 bits per heavy atom. The van der Waals surface area contributed by atoms with Gasteiger partial charge in [-0.2, -0.15) is 0 Å². The lowest BCUT2D eigenvalue weighted by atomic mass is 9.92. The second kappa shape index (κ2) is 4.63. The van der Waals surface area contributed by atoms with Crippen LogP contribution in [0.15, 0.2) is 18.2 Å². The van der Waals surface area contributed by atoms with Gasteiger partial charge in [-0.1, -0.05) is 26.0 Å². The lowest BCUT2D eigenvalue weighted by Crippen LogP contribution is -2.33. The van der Waals surface area contributed by atoms with Crippen LogP contribution in [0.4, 0.5) is 0 Å². The van der Waals surface area contributed by atoms with Gasteiger partial charge in [-0.15, -0.1) is 0 Å². The van der Waals surface area contributed by atoms with Crippen molar-refractivity contribution in [3.63, 3.8) is 0 Å². The Hall–Kier alpha value is -1.51. The number of nitrogens with one attached hydrogen (secondary N) is 1. The molecule has 3 nitrogen and oxygen atoms in total. The molecule has 0 aliphatic heterocycles. The fraction of sp³-hybridized carbons (Fsp3) is 0.533. The highest BCUT2D eigenvalue weighted by Crippen LogP contribution is 2.37. The number of aromatic hydroxyl groups is 1. The monoisotopic (exact) mass is 247 g/mol. The molecule has 3 heteroatoms. The van der Waals surface area contributed by atoms with Gasteiger partial charge in [-0.05, 0) is 43.2 Å². The summed E-state index contributed by atoms with van der Waals surface area (Å²) in [6.45, 7) is 6.25. The first-order valence-electron chi connectivity index (χ1n) is 6.48. The molecule has 0 spiro atoms. The molecule has 1 atom stereocenters. The van der Waals surface area contributed by atoms with Crippen LogP contribution < -0.4 is 5.32 Å². The molecule has 98 valence electrons. The zero-order valence-corrected chi connectivity index (χ0v) is 11.3. The van der Waals surface area contributed by atoms with Crippen molar-refractivity contribution in [1.82, 2.24) is 5.32 Å². The minimum Gasteiger partial charge on any atom is -0.507 e. The maximum absolute atomic E-state index is 12.1. The van der Waals surface area contributed by atoms with Crippen molar-refractivity contribution in [3.8, 4) is 5.75 Å². The van der Waals surface area contributed by atoms with Crippen LogP contribution in [0.25, 0.3) is 0 Å². The van der Waals surface area contributed by atoms with E-state index in [1.165, 1.54) is 0 Å². The number of phenols is 1. The topological polar surface area (TPSA) is 49.3 Å². The maximum Gasteiger partial charge on any atom is 0.255 e. The summed E-state index contributed by atoms with van der Waals surface area (Å²) in [5.74, 6) is -0.0776. The van der Waals surface area contributed by atoms with E-state index in [0.29, 0.717) is 11.0 Å². The van der Waals surface area contributed by atoms with Crippen LogP contribution in [0.2, 0.25) is 0 Å². The SMILES string of the molecule is Cc1cccc(C(=O)NC2CCC(C)(C)C2)c1O. The molecule has 1 aromatic carbocycles. The van der Waals surface area contributed by atoms with Gasteiger partial charge >= 0.3 is 0 Å². The number of para-hydroxylation sites is 1. The molecule has 18 heavy (non-hydrogen) atoms. The molecule has 0 saturated heterocycles. The Bertz CT molecular complexity index is 466. The standard InChI is InChI=1S/C15H21NO2/c1-10-5-4-6-12(13(10)17)14(18)16-11-7-8-15(2,3)9-11/h4-6,11,17H,7-9H2,1-3H3,(H,16,18). The number of aryl methyl sites for hydroxylation is 1. The highest BCUT2D eigenvalue weighted by molar-refractivity contribution is 5.97. The summed E-state index contributed by atoms with van der Waals surface area (Å²) in [7, 11) is 0. The third kappa shape index (κ3) is 2.66. The minimum absolute atomic E-state index is 0.0901. The normalized spacial score (nSPS) is 21.8. The Kier molecular flexibility index (Phi) is 3.33. The van der Waals surface area contributed by atoms with E-state index in [9.17, 15) is 9.90 Å². The van der Waals surface area contributed by atoms with E-state index in [1.807, 2.05) is 0 Å². The summed E-state index contributed by atoms with van der Waals surface area (Å²) >= 11 is 0. The van der Waals surface area contributed by atoms with Gasteiger partial charge in [-0.25, -0.2) is 0 Å². The summed E-state index contributed by atoms with van der Waals surface area (Å²) in [6, 6.07) is 5.48. The molecule has 1 fully saturated rings. The van der Waals surface area contributed by atoms with Crippen molar-refractivity contribution >= 4 is 5.91 Å². The molecule has 1 unspecified atom stereocenters. The zero-order chi connectivity index (χ0) is 13.3. The number of hydrogen-bond donors (Lipinski definition) is 2. The van der Waals surface area contributed by atoms with E-state index < -0.39 is 0 Å². The molecule has 1 aliphatic rings. The van der Waals surface area contributed by atoms with Crippen LogP contribution in [-0.2, 0) is 0 Å². The molecule has 0 heterocycles. The summed E-state index contributed by atoms with van der Waals surface area (Å²) < 4.78 is 0. The first kappa shape index (κ1) is 12.9. The quantitative estimate of drug-likeness (QED) is 0.844. The number of phenolic OH excluding ortho intramolecular Hbond substituents is 1. The number of carbonyl (C=O) groups excluding carboxylic acids is 1. The van der Waals surface area contributed by atoms with Gasteiger partial charge in [0, 0.05) is 6.04 Å². The Morgan fingerprint density at radius 1 is 1.44 bits per heavy atom. The fourth-order valence-corrected chi connectivity index (χ4v) is 2.66. The van der Waals surface area contributed by atoms with E-state index in [1.54, 1.807) is 25.1 Å². The predicted octanol–water partition coefficient (Wildman–Crippen LogP) is 3.01. The minimum atomic E-state index is -0.168. The van der Waals surface area contributed by atoms with Crippen molar-refractivity contribution in [2.24, 2.45) is 5.41 Å². The van der Waals surface area contributed by atoms with Crippen molar-refractivity contribution < 1.29 is 9.90 Å². The number of rotatable bonds is 2. The molecule has 1 saturated carbocycles. The molecule has 0 radical (unpaired) electrons. The molecule has 1 amide bonds.